The molecule has 4 atom stereocenters. The number of nitrogens with two attached hydrogens (primary N) is 2. The summed E-state index contributed by atoms with van der Waals surface area (Å²) in [6, 6.07) is 0. The molecule has 3 rings (SSSR count). The summed E-state index contributed by atoms with van der Waals surface area (Å²) in [6.07, 6.45) is -0.109. The fourth-order valence-corrected chi connectivity index (χ4v) is 3.63. The van der Waals surface area contributed by atoms with Crippen LogP contribution in [0, 0.1) is 0 Å². The van der Waals surface area contributed by atoms with Crippen molar-refractivity contribution in [2.45, 2.75) is 55.6 Å². The first-order valence-electron chi connectivity index (χ1n) is 7.67. The fraction of sp³-hybridized carbons (Fsp3) is 0.714. The number of rotatable bonds is 4. The van der Waals surface area contributed by atoms with Gasteiger partial charge in [0.05, 0.1) is 24.0 Å². The molecule has 0 radical (unpaired) electrons. The van der Waals surface area contributed by atoms with E-state index in [1.807, 2.05) is 0 Å². The Labute approximate surface area is 132 Å². The van der Waals surface area contributed by atoms with Gasteiger partial charge in [-0.15, -0.1) is 0 Å². The fourth-order valence-electron chi connectivity index (χ4n) is 3.63. The highest BCUT2D eigenvalue weighted by molar-refractivity contribution is 5.87. The SMILES string of the molecule is NC(=O)C1(c2ncn([C@@H]3O[C@H](CO)[C@@H](O)[C@H]3O)c2N)CCCC1. The molecule has 0 aromatic carbocycles. The number of nitrogen functional groups attached to an aromatic ring is 1. The molecule has 1 aromatic heterocycles. The molecule has 1 amide bonds. The van der Waals surface area contributed by atoms with Gasteiger partial charge in [0.2, 0.25) is 5.91 Å². The lowest BCUT2D eigenvalue weighted by Crippen LogP contribution is -2.40. The Morgan fingerprint density at radius 3 is 2.57 bits per heavy atom. The molecule has 1 aliphatic carbocycles. The summed E-state index contributed by atoms with van der Waals surface area (Å²) in [5.41, 5.74) is 11.2. The lowest BCUT2D eigenvalue weighted by Gasteiger charge is -2.24. The van der Waals surface area contributed by atoms with Crippen molar-refractivity contribution >= 4 is 11.7 Å². The van der Waals surface area contributed by atoms with E-state index in [0.717, 1.165) is 12.8 Å². The molecule has 23 heavy (non-hydrogen) atoms. The highest BCUT2D eigenvalue weighted by Crippen LogP contribution is 2.43. The maximum atomic E-state index is 12.0. The van der Waals surface area contributed by atoms with Gasteiger partial charge in [0.15, 0.2) is 6.23 Å². The molecule has 0 bridgehead atoms. The molecule has 0 unspecified atom stereocenters. The van der Waals surface area contributed by atoms with Gasteiger partial charge in [0.25, 0.3) is 0 Å². The van der Waals surface area contributed by atoms with E-state index in [9.17, 15) is 15.0 Å². The number of aromatic nitrogens is 2. The van der Waals surface area contributed by atoms with Crippen molar-refractivity contribution < 1.29 is 24.9 Å². The lowest BCUT2D eigenvalue weighted by atomic mass is 9.82. The van der Waals surface area contributed by atoms with E-state index in [4.69, 9.17) is 21.3 Å². The number of carbonyl (C=O) groups is 1. The first kappa shape index (κ1) is 16.2. The topological polar surface area (TPSA) is 157 Å². The van der Waals surface area contributed by atoms with Crippen molar-refractivity contribution in [3.8, 4) is 0 Å². The number of imidazole rings is 1. The number of aliphatic hydroxyl groups is 3. The summed E-state index contributed by atoms with van der Waals surface area (Å²) in [7, 11) is 0. The minimum Gasteiger partial charge on any atom is -0.394 e. The second-order valence-electron chi connectivity index (χ2n) is 6.27. The average Bonchev–Trinajstić information content (AvgIpc) is 3.20. The summed E-state index contributed by atoms with van der Waals surface area (Å²) in [5.74, 6) is -0.284. The van der Waals surface area contributed by atoms with Gasteiger partial charge in [-0.1, -0.05) is 12.8 Å². The maximum Gasteiger partial charge on any atom is 0.229 e. The minimum absolute atomic E-state index is 0.181. The monoisotopic (exact) mass is 326 g/mol. The number of hydrogen-bond acceptors (Lipinski definition) is 7. The zero-order chi connectivity index (χ0) is 16.8. The van der Waals surface area contributed by atoms with Crippen LogP contribution < -0.4 is 11.5 Å². The third-order valence-electron chi connectivity index (χ3n) is 5.01. The largest absolute Gasteiger partial charge is 0.394 e. The third-order valence-corrected chi connectivity index (χ3v) is 5.01. The summed E-state index contributed by atoms with van der Waals surface area (Å²) >= 11 is 0. The van der Waals surface area contributed by atoms with E-state index in [1.165, 1.54) is 10.9 Å². The molecule has 0 spiro atoms. The normalized spacial score (nSPS) is 33.2. The number of primary amides is 1. The molecule has 9 nitrogen and oxygen atoms in total. The molecule has 2 aliphatic rings. The van der Waals surface area contributed by atoms with Crippen LogP contribution >= 0.6 is 0 Å². The van der Waals surface area contributed by atoms with Gasteiger partial charge >= 0.3 is 0 Å². The molecular weight excluding hydrogens is 304 g/mol. The second kappa shape index (κ2) is 5.75. The van der Waals surface area contributed by atoms with Crippen LogP contribution in [-0.2, 0) is 14.9 Å². The van der Waals surface area contributed by atoms with Crippen molar-refractivity contribution in [3.05, 3.63) is 12.0 Å². The van der Waals surface area contributed by atoms with Gasteiger partial charge in [-0.2, -0.15) is 0 Å². The zero-order valence-electron chi connectivity index (χ0n) is 12.6. The van der Waals surface area contributed by atoms with Crippen LogP contribution in [0.25, 0.3) is 0 Å². The highest BCUT2D eigenvalue weighted by Gasteiger charge is 2.48. The van der Waals surface area contributed by atoms with Crippen molar-refractivity contribution in [3.63, 3.8) is 0 Å². The number of nitrogens with zero attached hydrogens (tertiary/aromatic N) is 2. The number of anilines is 1. The van der Waals surface area contributed by atoms with Gasteiger partial charge in [-0.05, 0) is 12.8 Å². The van der Waals surface area contributed by atoms with E-state index >= 15 is 0 Å². The van der Waals surface area contributed by atoms with E-state index in [1.54, 1.807) is 0 Å². The Bertz CT molecular complexity index is 598. The summed E-state index contributed by atoms with van der Waals surface area (Å²) in [4.78, 5) is 16.2. The molecule has 9 heteroatoms. The number of hydrogen-bond donors (Lipinski definition) is 5. The van der Waals surface area contributed by atoms with Gasteiger partial charge in [-0.25, -0.2) is 4.98 Å². The molecule has 1 saturated heterocycles. The average molecular weight is 326 g/mol. The molecule has 7 N–H and O–H groups in total. The third kappa shape index (κ3) is 2.31. The first-order chi connectivity index (χ1) is 10.9. The van der Waals surface area contributed by atoms with Gasteiger partial charge in [-0.3, -0.25) is 9.36 Å². The van der Waals surface area contributed by atoms with E-state index in [-0.39, 0.29) is 5.82 Å². The van der Waals surface area contributed by atoms with Crippen LogP contribution in [0.3, 0.4) is 0 Å². The second-order valence-corrected chi connectivity index (χ2v) is 6.27. The smallest absolute Gasteiger partial charge is 0.229 e. The molecule has 2 fully saturated rings. The van der Waals surface area contributed by atoms with Crippen LogP contribution in [0.4, 0.5) is 5.82 Å². The van der Waals surface area contributed by atoms with Crippen molar-refractivity contribution in [2.75, 3.05) is 12.3 Å². The number of aliphatic hydroxyl groups excluding tert-OH is 3. The van der Waals surface area contributed by atoms with E-state index < -0.39 is 42.5 Å². The Balaban J connectivity index is 1.95. The maximum absolute atomic E-state index is 12.0. The Hall–Kier alpha value is -1.68. The number of amides is 1. The highest BCUT2D eigenvalue weighted by atomic mass is 16.6. The summed E-state index contributed by atoms with van der Waals surface area (Å²) in [5, 5.41) is 29.1. The Morgan fingerprint density at radius 2 is 2.04 bits per heavy atom. The minimum atomic E-state index is -1.26. The predicted molar refractivity (Wildman–Crippen MR) is 79.0 cm³/mol. The molecule has 1 aliphatic heterocycles. The quantitative estimate of drug-likeness (QED) is 0.444. The molecular formula is C14H22N4O5. The zero-order valence-corrected chi connectivity index (χ0v) is 12.6. The van der Waals surface area contributed by atoms with Gasteiger partial charge < -0.3 is 31.5 Å². The molecule has 128 valence electrons. The molecule has 1 aromatic rings. The predicted octanol–water partition coefficient (Wildman–Crippen LogP) is -1.63. The number of ether oxygens (including phenoxy) is 1. The van der Waals surface area contributed by atoms with Crippen LogP contribution in [0.5, 0.6) is 0 Å². The van der Waals surface area contributed by atoms with Crippen LogP contribution in [0.1, 0.15) is 37.6 Å². The Morgan fingerprint density at radius 1 is 1.39 bits per heavy atom. The lowest BCUT2D eigenvalue weighted by molar-refractivity contribution is -0.123. The van der Waals surface area contributed by atoms with Crippen molar-refractivity contribution in [1.29, 1.82) is 0 Å². The Kier molecular flexibility index (Phi) is 4.05. The van der Waals surface area contributed by atoms with Crippen LogP contribution in [0.15, 0.2) is 6.33 Å². The van der Waals surface area contributed by atoms with Crippen LogP contribution in [0.2, 0.25) is 0 Å². The van der Waals surface area contributed by atoms with E-state index in [0.29, 0.717) is 18.5 Å². The van der Waals surface area contributed by atoms with Crippen molar-refractivity contribution in [1.82, 2.24) is 9.55 Å². The molecule has 2 heterocycles. The molecule has 1 saturated carbocycles. The number of carbonyl (C=O) groups excluding carboxylic acids is 1. The standard InChI is InChI=1S/C14H22N4O5/c15-11-10(14(13(16)22)3-1-2-4-14)17-6-18(11)12-9(21)8(20)7(5-19)23-12/h6-9,12,19-21H,1-5,15H2,(H2,16,22)/t7-,8-,9-,12-/m1/s1. The summed E-state index contributed by atoms with van der Waals surface area (Å²) in [6.45, 7) is -0.429. The van der Waals surface area contributed by atoms with Crippen LogP contribution in [-0.4, -0.2) is 55.7 Å². The van der Waals surface area contributed by atoms with Gasteiger partial charge in [0.1, 0.15) is 24.1 Å². The van der Waals surface area contributed by atoms with E-state index in [2.05, 4.69) is 4.98 Å². The van der Waals surface area contributed by atoms with Gasteiger partial charge in [0, 0.05) is 0 Å². The van der Waals surface area contributed by atoms with Crippen molar-refractivity contribution in [2.24, 2.45) is 5.73 Å². The summed E-state index contributed by atoms with van der Waals surface area (Å²) < 4.78 is 6.83. The first-order valence-corrected chi connectivity index (χ1v) is 7.67.